The third-order valence-corrected chi connectivity index (χ3v) is 5.01. The zero-order valence-electron chi connectivity index (χ0n) is 15.3. The highest BCUT2D eigenvalue weighted by atomic mass is 16.2. The monoisotopic (exact) mass is 345 g/mol. The Morgan fingerprint density at radius 1 is 1.40 bits per heavy atom. The van der Waals surface area contributed by atoms with E-state index in [2.05, 4.69) is 20.9 Å². The lowest BCUT2D eigenvalue weighted by Gasteiger charge is -2.25. The summed E-state index contributed by atoms with van der Waals surface area (Å²) in [5.41, 5.74) is 1.59. The number of likely N-dealkylation sites (N-methyl/N-ethyl adjacent to an activating group) is 1. The summed E-state index contributed by atoms with van der Waals surface area (Å²) in [5.74, 6) is 0.768. The van der Waals surface area contributed by atoms with Crippen LogP contribution in [0.4, 0.5) is 5.95 Å². The molecule has 1 aromatic heterocycles. The first-order valence-electron chi connectivity index (χ1n) is 8.90. The first-order valence-corrected chi connectivity index (χ1v) is 8.90. The minimum atomic E-state index is -0.140. The average Bonchev–Trinajstić information content (AvgIpc) is 3.25. The van der Waals surface area contributed by atoms with Gasteiger partial charge in [-0.1, -0.05) is 6.08 Å². The molecule has 25 heavy (non-hydrogen) atoms. The molecule has 0 bridgehead atoms. The number of H-pyrrole nitrogens is 1. The van der Waals surface area contributed by atoms with Gasteiger partial charge in [0.05, 0.1) is 5.69 Å². The molecule has 1 aliphatic carbocycles. The lowest BCUT2D eigenvalue weighted by molar-refractivity contribution is -0.126. The van der Waals surface area contributed by atoms with Gasteiger partial charge in [0, 0.05) is 51.4 Å². The zero-order chi connectivity index (χ0) is 18.0. The van der Waals surface area contributed by atoms with E-state index in [0.717, 1.165) is 50.0 Å². The molecule has 3 rings (SSSR count). The van der Waals surface area contributed by atoms with E-state index in [-0.39, 0.29) is 11.5 Å². The number of nitrogens with one attached hydrogen (secondary N) is 1. The fourth-order valence-electron chi connectivity index (χ4n) is 3.53. The van der Waals surface area contributed by atoms with Crippen LogP contribution in [0.25, 0.3) is 0 Å². The Balaban J connectivity index is 1.62. The third-order valence-electron chi connectivity index (χ3n) is 5.01. The smallest absolute Gasteiger partial charge is 0.252 e. The normalized spacial score (nSPS) is 20.2. The Bertz CT molecular complexity index is 724. The third kappa shape index (κ3) is 4.10. The molecule has 1 fully saturated rings. The molecule has 1 atom stereocenters. The van der Waals surface area contributed by atoms with E-state index in [1.54, 1.807) is 11.0 Å². The summed E-state index contributed by atoms with van der Waals surface area (Å²) in [7, 11) is 5.74. The van der Waals surface area contributed by atoms with Gasteiger partial charge >= 0.3 is 0 Å². The summed E-state index contributed by atoms with van der Waals surface area (Å²) < 4.78 is 0. The van der Waals surface area contributed by atoms with Crippen molar-refractivity contribution in [3.8, 4) is 0 Å². The first-order chi connectivity index (χ1) is 11.9. The fraction of sp³-hybridized carbons (Fsp3) is 0.611. The number of carbonyl (C=O) groups is 1. The molecule has 1 aromatic rings. The summed E-state index contributed by atoms with van der Waals surface area (Å²) in [6, 6.07) is 1.85. The molecule has 0 saturated carbocycles. The Labute approximate surface area is 148 Å². The molecular formula is C18H27N5O2. The number of rotatable bonds is 5. The molecule has 1 aliphatic heterocycles. The SMILES string of the molecule is CN(C)c1nc(CN(C)[C@H]2CCN(C(=O)C3=CCCC3)C2)cc(=O)[nH]1. The minimum absolute atomic E-state index is 0.140. The molecule has 0 spiro atoms. The highest BCUT2D eigenvalue weighted by Crippen LogP contribution is 2.23. The van der Waals surface area contributed by atoms with Gasteiger partial charge in [-0.15, -0.1) is 0 Å². The molecule has 136 valence electrons. The van der Waals surface area contributed by atoms with Crippen molar-refractivity contribution < 1.29 is 4.79 Å². The summed E-state index contributed by atoms with van der Waals surface area (Å²) in [5, 5.41) is 0. The van der Waals surface area contributed by atoms with Crippen molar-refractivity contribution >= 4 is 11.9 Å². The quantitative estimate of drug-likeness (QED) is 0.861. The highest BCUT2D eigenvalue weighted by Gasteiger charge is 2.30. The second kappa shape index (κ2) is 7.39. The van der Waals surface area contributed by atoms with Crippen molar-refractivity contribution in [3.63, 3.8) is 0 Å². The first kappa shape index (κ1) is 17.7. The Kier molecular flexibility index (Phi) is 5.22. The summed E-state index contributed by atoms with van der Waals surface area (Å²) in [6.45, 7) is 2.15. The maximum absolute atomic E-state index is 12.5. The number of nitrogens with zero attached hydrogens (tertiary/aromatic N) is 4. The number of hydrogen-bond acceptors (Lipinski definition) is 5. The molecule has 0 radical (unpaired) electrons. The van der Waals surface area contributed by atoms with Crippen LogP contribution in [0.2, 0.25) is 0 Å². The zero-order valence-corrected chi connectivity index (χ0v) is 15.3. The van der Waals surface area contributed by atoms with Crippen molar-refractivity contribution in [2.45, 2.75) is 38.3 Å². The van der Waals surface area contributed by atoms with Gasteiger partial charge in [-0.05, 0) is 32.7 Å². The second-order valence-corrected chi connectivity index (χ2v) is 7.19. The van der Waals surface area contributed by atoms with Gasteiger partial charge in [-0.3, -0.25) is 19.5 Å². The van der Waals surface area contributed by atoms with Crippen LogP contribution in [0.1, 0.15) is 31.4 Å². The van der Waals surface area contributed by atoms with Gasteiger partial charge in [-0.2, -0.15) is 0 Å². The van der Waals surface area contributed by atoms with E-state index >= 15 is 0 Å². The van der Waals surface area contributed by atoms with Gasteiger partial charge in [0.25, 0.3) is 5.56 Å². The number of allylic oxidation sites excluding steroid dienone is 1. The Morgan fingerprint density at radius 3 is 2.88 bits per heavy atom. The van der Waals surface area contributed by atoms with Crippen molar-refractivity contribution in [2.75, 3.05) is 39.1 Å². The van der Waals surface area contributed by atoms with Crippen LogP contribution in [0.15, 0.2) is 22.5 Å². The fourth-order valence-corrected chi connectivity index (χ4v) is 3.53. The van der Waals surface area contributed by atoms with E-state index in [0.29, 0.717) is 18.5 Å². The maximum atomic E-state index is 12.5. The summed E-state index contributed by atoms with van der Waals surface area (Å²) in [4.78, 5) is 37.5. The second-order valence-electron chi connectivity index (χ2n) is 7.19. The van der Waals surface area contributed by atoms with Gasteiger partial charge in [0.2, 0.25) is 11.9 Å². The van der Waals surface area contributed by atoms with Crippen LogP contribution in [0, 0.1) is 0 Å². The molecule has 0 aromatic carbocycles. The van der Waals surface area contributed by atoms with Gasteiger partial charge in [0.15, 0.2) is 0 Å². The molecule has 7 nitrogen and oxygen atoms in total. The lowest BCUT2D eigenvalue weighted by Crippen LogP contribution is -2.37. The molecule has 2 aliphatic rings. The molecule has 1 amide bonds. The summed E-state index contributed by atoms with van der Waals surface area (Å²) in [6.07, 6.45) is 6.09. The Morgan fingerprint density at radius 2 is 2.20 bits per heavy atom. The van der Waals surface area contributed by atoms with Crippen LogP contribution in [-0.2, 0) is 11.3 Å². The standard InChI is InChI=1S/C18H27N5O2/c1-21(2)18-19-14(10-16(24)20-18)11-22(3)15-8-9-23(12-15)17(25)13-6-4-5-7-13/h6,10,15H,4-5,7-9,11-12H2,1-3H3,(H,19,20,24)/t15-/m0/s1. The van der Waals surface area contributed by atoms with E-state index in [1.165, 1.54) is 0 Å². The predicted octanol–water partition coefficient (Wildman–Crippen LogP) is 0.979. The van der Waals surface area contributed by atoms with Crippen LogP contribution in [0.5, 0.6) is 0 Å². The maximum Gasteiger partial charge on any atom is 0.252 e. The highest BCUT2D eigenvalue weighted by molar-refractivity contribution is 5.94. The predicted molar refractivity (Wildman–Crippen MR) is 97.6 cm³/mol. The molecule has 2 heterocycles. The van der Waals surface area contributed by atoms with Crippen LogP contribution < -0.4 is 10.5 Å². The number of carbonyl (C=O) groups excluding carboxylic acids is 1. The van der Waals surface area contributed by atoms with Crippen molar-refractivity contribution in [1.82, 2.24) is 19.8 Å². The van der Waals surface area contributed by atoms with Gasteiger partial charge in [-0.25, -0.2) is 4.98 Å². The number of hydrogen-bond donors (Lipinski definition) is 1. The van der Waals surface area contributed by atoms with E-state index in [4.69, 9.17) is 0 Å². The average molecular weight is 345 g/mol. The van der Waals surface area contributed by atoms with Crippen molar-refractivity contribution in [1.29, 1.82) is 0 Å². The van der Waals surface area contributed by atoms with Crippen LogP contribution >= 0.6 is 0 Å². The molecule has 1 N–H and O–H groups in total. The number of amides is 1. The lowest BCUT2D eigenvalue weighted by atomic mass is 10.2. The van der Waals surface area contributed by atoms with E-state index in [1.807, 2.05) is 26.0 Å². The Hall–Kier alpha value is -2.15. The van der Waals surface area contributed by atoms with Crippen molar-refractivity contribution in [3.05, 3.63) is 33.8 Å². The number of likely N-dealkylation sites (tertiary alicyclic amines) is 1. The number of anilines is 1. The van der Waals surface area contributed by atoms with Crippen LogP contribution in [0.3, 0.4) is 0 Å². The molecule has 1 saturated heterocycles. The van der Waals surface area contributed by atoms with Crippen LogP contribution in [-0.4, -0.2) is 65.9 Å². The molecular weight excluding hydrogens is 318 g/mol. The van der Waals surface area contributed by atoms with Gasteiger partial charge < -0.3 is 9.80 Å². The summed E-state index contributed by atoms with van der Waals surface area (Å²) >= 11 is 0. The largest absolute Gasteiger partial charge is 0.348 e. The van der Waals surface area contributed by atoms with Crippen molar-refractivity contribution in [2.24, 2.45) is 0 Å². The van der Waals surface area contributed by atoms with E-state index < -0.39 is 0 Å². The van der Waals surface area contributed by atoms with Gasteiger partial charge in [0.1, 0.15) is 0 Å². The number of aromatic amines is 1. The minimum Gasteiger partial charge on any atom is -0.348 e. The topological polar surface area (TPSA) is 72.5 Å². The number of aromatic nitrogens is 2. The van der Waals surface area contributed by atoms with E-state index in [9.17, 15) is 9.59 Å². The molecule has 0 unspecified atom stereocenters. The molecule has 7 heteroatoms.